The van der Waals surface area contributed by atoms with Gasteiger partial charge in [0.25, 0.3) is 0 Å². The Kier molecular flexibility index (Phi) is 6.44. The average molecular weight is 461 g/mol. The second kappa shape index (κ2) is 9.65. The highest BCUT2D eigenvalue weighted by molar-refractivity contribution is 6.15. The second-order valence-electron chi connectivity index (χ2n) is 9.18. The number of rotatable bonds is 5. The lowest BCUT2D eigenvalue weighted by atomic mass is 9.89. The fourth-order valence-corrected chi connectivity index (χ4v) is 4.90. The first-order chi connectivity index (χ1) is 16.6. The number of methoxy groups -OCH3 is 1. The first-order valence-corrected chi connectivity index (χ1v) is 11.7. The number of allylic oxidation sites excluding steroid dienone is 4. The number of benzene rings is 2. The Hall–Kier alpha value is -3.09. The van der Waals surface area contributed by atoms with Crippen LogP contribution in [0.5, 0.6) is 0 Å². The number of esters is 1. The van der Waals surface area contributed by atoms with E-state index in [1.165, 1.54) is 7.11 Å². The minimum Gasteiger partial charge on any atom is -0.468 e. The largest absolute Gasteiger partial charge is 0.468 e. The molecule has 5 rings (SSSR count). The zero-order valence-electron chi connectivity index (χ0n) is 19.4. The molecule has 0 radical (unpaired) electrons. The first-order valence-electron chi connectivity index (χ1n) is 11.7. The summed E-state index contributed by atoms with van der Waals surface area (Å²) in [5.41, 5.74) is 5.11. The Balaban J connectivity index is 1.53. The lowest BCUT2D eigenvalue weighted by Gasteiger charge is -2.31. The number of halogens is 1. The van der Waals surface area contributed by atoms with Crippen molar-refractivity contribution in [1.82, 2.24) is 4.90 Å². The molecule has 0 bridgehead atoms. The number of fused-ring (bicyclic) bond motifs is 2. The normalized spacial score (nSPS) is 24.7. The summed E-state index contributed by atoms with van der Waals surface area (Å²) in [5.74, 6) is -0.352. The number of hydrogen-bond acceptors (Lipinski definition) is 5. The van der Waals surface area contributed by atoms with Gasteiger partial charge in [0.2, 0.25) is 0 Å². The fraction of sp³-hybridized carbons (Fsp3) is 0.357. The zero-order valence-corrected chi connectivity index (χ0v) is 19.4. The quantitative estimate of drug-likeness (QED) is 0.464. The smallest absolute Gasteiger partial charge is 0.319 e. The monoisotopic (exact) mass is 460 g/mol. The van der Waals surface area contributed by atoms with Gasteiger partial charge in [-0.1, -0.05) is 54.6 Å². The highest BCUT2D eigenvalue weighted by atomic mass is 19.1. The molecule has 1 heterocycles. The SMILES string of the molecule is COC(=O)CN1COCc2ccc(N=C(C3=CCCC=C3)c3ccccc3)cc2[C@]2(CC2F)C1. The van der Waals surface area contributed by atoms with Crippen LogP contribution < -0.4 is 0 Å². The van der Waals surface area contributed by atoms with E-state index in [2.05, 4.69) is 30.4 Å². The summed E-state index contributed by atoms with van der Waals surface area (Å²) < 4.78 is 25.6. The van der Waals surface area contributed by atoms with Gasteiger partial charge in [-0.05, 0) is 48.1 Å². The molecule has 176 valence electrons. The van der Waals surface area contributed by atoms with Gasteiger partial charge in [-0.25, -0.2) is 9.38 Å². The molecular formula is C28H29FN2O3. The lowest BCUT2D eigenvalue weighted by molar-refractivity contribution is -0.144. The summed E-state index contributed by atoms with van der Waals surface area (Å²) in [5, 5.41) is 0. The van der Waals surface area contributed by atoms with Gasteiger partial charge in [0.15, 0.2) is 0 Å². The standard InChI is InChI=1S/C28H29FN2O3/c1-33-26(32)16-31-18-28(15-25(28)29)24-14-23(13-12-22(24)17-34-19-31)30-27(20-8-4-2-5-9-20)21-10-6-3-7-11-21/h2,4-6,8-14,25H,3,7,15-19H2,1H3/t25?,28-/m0/s1. The summed E-state index contributed by atoms with van der Waals surface area (Å²) >= 11 is 0. The Morgan fingerprint density at radius 2 is 2.06 bits per heavy atom. The number of carbonyl (C=O) groups is 1. The van der Waals surface area contributed by atoms with Crippen LogP contribution in [0.4, 0.5) is 10.1 Å². The Morgan fingerprint density at radius 1 is 1.24 bits per heavy atom. The van der Waals surface area contributed by atoms with Gasteiger partial charge in [0.1, 0.15) is 6.17 Å². The number of aliphatic imine (C=N–C) groups is 1. The van der Waals surface area contributed by atoms with Gasteiger partial charge in [0.05, 0.1) is 38.4 Å². The van der Waals surface area contributed by atoms with Gasteiger partial charge < -0.3 is 9.47 Å². The number of hydrogen-bond donors (Lipinski definition) is 0. The van der Waals surface area contributed by atoms with E-state index < -0.39 is 11.6 Å². The number of carbonyl (C=O) groups excluding carboxylic acids is 1. The fourth-order valence-electron chi connectivity index (χ4n) is 4.90. The second-order valence-corrected chi connectivity index (χ2v) is 9.18. The number of alkyl halides is 1. The van der Waals surface area contributed by atoms with E-state index in [-0.39, 0.29) is 19.2 Å². The molecule has 1 fully saturated rings. The van der Waals surface area contributed by atoms with Gasteiger partial charge in [-0.15, -0.1) is 0 Å². The third-order valence-electron chi connectivity index (χ3n) is 6.79. The van der Waals surface area contributed by atoms with Gasteiger partial charge in [-0.3, -0.25) is 9.69 Å². The van der Waals surface area contributed by atoms with Crippen molar-refractivity contribution in [3.8, 4) is 0 Å². The molecule has 0 N–H and O–H groups in total. The highest BCUT2D eigenvalue weighted by Crippen LogP contribution is 2.53. The van der Waals surface area contributed by atoms with Crippen LogP contribution in [0, 0.1) is 0 Å². The number of ether oxygens (including phenoxy) is 2. The molecule has 34 heavy (non-hydrogen) atoms. The van der Waals surface area contributed by atoms with E-state index in [9.17, 15) is 9.18 Å². The van der Waals surface area contributed by atoms with Crippen LogP contribution in [0.2, 0.25) is 0 Å². The first kappa shape index (κ1) is 22.7. The van der Waals surface area contributed by atoms with Crippen molar-refractivity contribution in [2.45, 2.75) is 37.5 Å². The van der Waals surface area contributed by atoms with Crippen molar-refractivity contribution in [1.29, 1.82) is 0 Å². The van der Waals surface area contributed by atoms with Gasteiger partial charge in [-0.2, -0.15) is 0 Å². The Bertz CT molecular complexity index is 1160. The lowest BCUT2D eigenvalue weighted by Crippen LogP contribution is -2.41. The van der Waals surface area contributed by atoms with E-state index in [1.807, 2.05) is 41.3 Å². The van der Waals surface area contributed by atoms with E-state index in [0.717, 1.165) is 46.5 Å². The van der Waals surface area contributed by atoms with Gasteiger partial charge in [0, 0.05) is 17.5 Å². The molecule has 0 aromatic heterocycles. The van der Waals surface area contributed by atoms with Crippen LogP contribution in [0.1, 0.15) is 36.0 Å². The molecule has 2 aliphatic carbocycles. The summed E-state index contributed by atoms with van der Waals surface area (Å²) in [7, 11) is 1.36. The van der Waals surface area contributed by atoms with Crippen molar-refractivity contribution >= 4 is 17.4 Å². The van der Waals surface area contributed by atoms with E-state index >= 15 is 0 Å². The molecule has 5 nitrogen and oxygen atoms in total. The topological polar surface area (TPSA) is 51.1 Å². The van der Waals surface area contributed by atoms with Crippen LogP contribution in [-0.2, 0) is 26.3 Å². The van der Waals surface area contributed by atoms with E-state index in [0.29, 0.717) is 19.6 Å². The molecule has 3 aliphatic rings. The minimum atomic E-state index is -0.957. The predicted octanol–water partition coefficient (Wildman–Crippen LogP) is 5.03. The van der Waals surface area contributed by atoms with Crippen molar-refractivity contribution in [2.75, 3.05) is 26.9 Å². The minimum absolute atomic E-state index is 0.0802. The highest BCUT2D eigenvalue weighted by Gasteiger charge is 2.58. The summed E-state index contributed by atoms with van der Waals surface area (Å²) in [6.07, 6.45) is 8.02. The van der Waals surface area contributed by atoms with Crippen LogP contribution in [0.3, 0.4) is 0 Å². The summed E-state index contributed by atoms with van der Waals surface area (Å²) in [6, 6.07) is 16.1. The van der Waals surface area contributed by atoms with Crippen LogP contribution in [0.25, 0.3) is 0 Å². The molecule has 6 heteroatoms. The average Bonchev–Trinajstić information content (AvgIpc) is 3.52. The van der Waals surface area contributed by atoms with Gasteiger partial charge >= 0.3 is 5.97 Å². The van der Waals surface area contributed by atoms with Crippen LogP contribution in [-0.4, -0.2) is 49.7 Å². The van der Waals surface area contributed by atoms with Crippen LogP contribution in [0.15, 0.2) is 77.3 Å². The molecule has 1 unspecified atom stereocenters. The van der Waals surface area contributed by atoms with Crippen molar-refractivity contribution in [3.05, 3.63) is 89.0 Å². The Morgan fingerprint density at radius 3 is 2.76 bits per heavy atom. The number of nitrogens with zero attached hydrogens (tertiary/aromatic N) is 2. The maximum atomic E-state index is 14.9. The van der Waals surface area contributed by atoms with E-state index in [1.54, 1.807) is 0 Å². The third kappa shape index (κ3) is 4.61. The zero-order chi connectivity index (χ0) is 23.5. The Labute approximate surface area is 199 Å². The molecule has 1 aliphatic heterocycles. The summed E-state index contributed by atoms with van der Waals surface area (Å²) in [6.45, 7) is 1.12. The van der Waals surface area contributed by atoms with Crippen molar-refractivity contribution < 1.29 is 18.7 Å². The van der Waals surface area contributed by atoms with Crippen LogP contribution >= 0.6 is 0 Å². The third-order valence-corrected chi connectivity index (χ3v) is 6.79. The molecule has 1 saturated carbocycles. The molecule has 2 aromatic carbocycles. The molecular weight excluding hydrogens is 431 g/mol. The maximum absolute atomic E-state index is 14.9. The molecule has 2 aromatic rings. The predicted molar refractivity (Wildman–Crippen MR) is 130 cm³/mol. The van der Waals surface area contributed by atoms with E-state index in [4.69, 9.17) is 14.5 Å². The molecule has 1 spiro atoms. The molecule has 2 atom stereocenters. The summed E-state index contributed by atoms with van der Waals surface area (Å²) in [4.78, 5) is 18.7. The van der Waals surface area contributed by atoms with Crippen molar-refractivity contribution in [2.24, 2.45) is 4.99 Å². The molecule has 0 amide bonds. The maximum Gasteiger partial charge on any atom is 0.319 e. The molecule has 0 saturated heterocycles. The van der Waals surface area contributed by atoms with Crippen molar-refractivity contribution in [3.63, 3.8) is 0 Å².